The zero-order valence-electron chi connectivity index (χ0n) is 8.23. The van der Waals surface area contributed by atoms with Crippen molar-refractivity contribution in [3.63, 3.8) is 0 Å². The van der Waals surface area contributed by atoms with Gasteiger partial charge in [-0.2, -0.15) is 0 Å². The van der Waals surface area contributed by atoms with Gasteiger partial charge in [0.2, 0.25) is 11.2 Å². The molecule has 6 heteroatoms. The zero-order chi connectivity index (χ0) is 10.7. The van der Waals surface area contributed by atoms with E-state index in [4.69, 9.17) is 16.3 Å². The van der Waals surface area contributed by atoms with E-state index in [1.807, 2.05) is 0 Å². The molecule has 82 valence electrons. The number of amides is 1. The Hall–Kier alpha value is -1.07. The molecule has 0 N–H and O–H groups in total. The number of halogens is 1. The Labute approximate surface area is 92.6 Å². The van der Waals surface area contributed by atoms with Crippen molar-refractivity contribution in [1.82, 2.24) is 14.5 Å². The van der Waals surface area contributed by atoms with Crippen molar-refractivity contribution >= 4 is 17.5 Å². The Morgan fingerprint density at radius 2 is 2.27 bits per heavy atom. The molecule has 1 aliphatic heterocycles. The van der Waals surface area contributed by atoms with Gasteiger partial charge < -0.3 is 14.2 Å². The minimum atomic E-state index is 0.0539. The molecule has 0 saturated carbocycles. The third kappa shape index (κ3) is 2.49. The lowest BCUT2D eigenvalue weighted by Gasteiger charge is -2.26. The molecule has 2 rings (SSSR count). The highest BCUT2D eigenvalue weighted by atomic mass is 35.5. The molecular formula is C9H12ClN3O2. The van der Waals surface area contributed by atoms with Crippen LogP contribution in [0, 0.1) is 0 Å². The lowest BCUT2D eigenvalue weighted by molar-refractivity contribution is -0.135. The average molecular weight is 230 g/mol. The van der Waals surface area contributed by atoms with E-state index in [0.29, 0.717) is 31.6 Å². The Morgan fingerprint density at radius 3 is 2.87 bits per heavy atom. The van der Waals surface area contributed by atoms with E-state index in [1.165, 1.54) is 0 Å². The summed E-state index contributed by atoms with van der Waals surface area (Å²) in [4.78, 5) is 17.4. The molecule has 0 bridgehead atoms. The average Bonchev–Trinajstić information content (AvgIpc) is 2.66. The van der Waals surface area contributed by atoms with Gasteiger partial charge in [-0.05, 0) is 11.6 Å². The minimum absolute atomic E-state index is 0.0539. The Kier molecular flexibility index (Phi) is 3.23. The largest absolute Gasteiger partial charge is 0.378 e. The topological polar surface area (TPSA) is 47.4 Å². The molecule has 1 aromatic heterocycles. The normalized spacial score (nSPS) is 16.7. The van der Waals surface area contributed by atoms with Crippen molar-refractivity contribution in [2.75, 3.05) is 26.3 Å². The molecule has 0 atom stereocenters. The van der Waals surface area contributed by atoms with Gasteiger partial charge in [0.25, 0.3) is 0 Å². The number of hydrogen-bond acceptors (Lipinski definition) is 3. The number of hydrogen-bond donors (Lipinski definition) is 0. The smallest absolute Gasteiger partial charge is 0.242 e. The number of rotatable bonds is 2. The van der Waals surface area contributed by atoms with Crippen LogP contribution >= 0.6 is 11.6 Å². The van der Waals surface area contributed by atoms with Crippen molar-refractivity contribution in [2.45, 2.75) is 6.54 Å². The zero-order valence-corrected chi connectivity index (χ0v) is 8.98. The van der Waals surface area contributed by atoms with Gasteiger partial charge in [0.1, 0.15) is 6.54 Å². The summed E-state index contributed by atoms with van der Waals surface area (Å²) in [7, 11) is 0. The molecule has 1 fully saturated rings. The van der Waals surface area contributed by atoms with Gasteiger partial charge in [0, 0.05) is 25.5 Å². The maximum absolute atomic E-state index is 11.8. The highest BCUT2D eigenvalue weighted by Gasteiger charge is 2.17. The molecule has 0 aliphatic carbocycles. The first-order valence-corrected chi connectivity index (χ1v) is 5.17. The van der Waals surface area contributed by atoms with Gasteiger partial charge in [-0.3, -0.25) is 4.79 Å². The van der Waals surface area contributed by atoms with Crippen LogP contribution in [0.25, 0.3) is 0 Å². The molecule has 5 nitrogen and oxygen atoms in total. The van der Waals surface area contributed by atoms with Gasteiger partial charge in [-0.1, -0.05) is 0 Å². The molecule has 1 aromatic rings. The Bertz CT molecular complexity index is 347. The monoisotopic (exact) mass is 229 g/mol. The second kappa shape index (κ2) is 4.63. The van der Waals surface area contributed by atoms with Crippen molar-refractivity contribution in [3.05, 3.63) is 17.7 Å². The molecule has 1 amide bonds. The first kappa shape index (κ1) is 10.4. The van der Waals surface area contributed by atoms with Crippen LogP contribution in [-0.4, -0.2) is 46.7 Å². The first-order chi connectivity index (χ1) is 7.27. The molecule has 0 radical (unpaired) electrons. The molecule has 2 heterocycles. The van der Waals surface area contributed by atoms with Crippen molar-refractivity contribution in [1.29, 1.82) is 0 Å². The number of carbonyl (C=O) groups excluding carboxylic acids is 1. The maximum Gasteiger partial charge on any atom is 0.242 e. The van der Waals surface area contributed by atoms with Crippen molar-refractivity contribution < 1.29 is 9.53 Å². The summed E-state index contributed by atoms with van der Waals surface area (Å²) in [6, 6.07) is 0. The summed E-state index contributed by atoms with van der Waals surface area (Å²) in [5, 5.41) is 0.344. The summed E-state index contributed by atoms with van der Waals surface area (Å²) < 4.78 is 6.79. The van der Waals surface area contributed by atoms with E-state index < -0.39 is 0 Å². The van der Waals surface area contributed by atoms with E-state index in [9.17, 15) is 4.79 Å². The van der Waals surface area contributed by atoms with E-state index in [-0.39, 0.29) is 12.5 Å². The summed E-state index contributed by atoms with van der Waals surface area (Å²) in [5.41, 5.74) is 0. The molecule has 0 unspecified atom stereocenters. The Morgan fingerprint density at radius 1 is 1.53 bits per heavy atom. The summed E-state index contributed by atoms with van der Waals surface area (Å²) in [5.74, 6) is 0.0539. The van der Waals surface area contributed by atoms with Crippen LogP contribution in [0.5, 0.6) is 0 Å². The van der Waals surface area contributed by atoms with Crippen LogP contribution in [0.3, 0.4) is 0 Å². The molecule has 15 heavy (non-hydrogen) atoms. The van der Waals surface area contributed by atoms with Crippen LogP contribution < -0.4 is 0 Å². The van der Waals surface area contributed by atoms with Crippen LogP contribution in [0.2, 0.25) is 5.28 Å². The number of carbonyl (C=O) groups is 1. The van der Waals surface area contributed by atoms with Crippen LogP contribution in [0.1, 0.15) is 0 Å². The van der Waals surface area contributed by atoms with Crippen LogP contribution in [0.15, 0.2) is 12.4 Å². The molecule has 0 spiro atoms. The van der Waals surface area contributed by atoms with Gasteiger partial charge in [0.15, 0.2) is 0 Å². The third-order valence-electron chi connectivity index (χ3n) is 2.33. The van der Waals surface area contributed by atoms with E-state index in [1.54, 1.807) is 21.9 Å². The predicted molar refractivity (Wildman–Crippen MR) is 54.6 cm³/mol. The van der Waals surface area contributed by atoms with Crippen LogP contribution in [-0.2, 0) is 16.1 Å². The number of aromatic nitrogens is 2. The quantitative estimate of drug-likeness (QED) is 0.738. The maximum atomic E-state index is 11.8. The summed E-state index contributed by atoms with van der Waals surface area (Å²) >= 11 is 5.78. The lowest BCUT2D eigenvalue weighted by Crippen LogP contribution is -2.42. The summed E-state index contributed by atoms with van der Waals surface area (Å²) in [6.45, 7) is 2.79. The molecule has 1 aliphatic rings. The minimum Gasteiger partial charge on any atom is -0.378 e. The highest BCUT2D eigenvalue weighted by molar-refractivity contribution is 6.28. The first-order valence-electron chi connectivity index (χ1n) is 4.79. The van der Waals surface area contributed by atoms with Gasteiger partial charge in [-0.25, -0.2) is 4.98 Å². The SMILES string of the molecule is O=C(Cn1ccnc1Cl)N1CCOCC1. The highest BCUT2D eigenvalue weighted by Crippen LogP contribution is 2.06. The Balaban J connectivity index is 1.94. The number of ether oxygens (including phenoxy) is 1. The van der Waals surface area contributed by atoms with Crippen molar-refractivity contribution in [3.8, 4) is 0 Å². The van der Waals surface area contributed by atoms with E-state index >= 15 is 0 Å². The van der Waals surface area contributed by atoms with E-state index in [0.717, 1.165) is 0 Å². The predicted octanol–water partition coefficient (Wildman–Crippen LogP) is 0.395. The fourth-order valence-electron chi connectivity index (χ4n) is 1.49. The molecular weight excluding hydrogens is 218 g/mol. The van der Waals surface area contributed by atoms with Gasteiger partial charge >= 0.3 is 0 Å². The van der Waals surface area contributed by atoms with Gasteiger partial charge in [-0.15, -0.1) is 0 Å². The fraction of sp³-hybridized carbons (Fsp3) is 0.556. The van der Waals surface area contributed by atoms with Crippen LogP contribution in [0.4, 0.5) is 0 Å². The number of imidazole rings is 1. The number of nitrogens with zero attached hydrogens (tertiary/aromatic N) is 3. The number of morpholine rings is 1. The molecule has 0 aromatic carbocycles. The standard InChI is InChI=1S/C9H12ClN3O2/c10-9-11-1-2-13(9)7-8(14)12-3-5-15-6-4-12/h1-2H,3-7H2. The third-order valence-corrected chi connectivity index (χ3v) is 2.65. The molecule has 1 saturated heterocycles. The van der Waals surface area contributed by atoms with E-state index in [2.05, 4.69) is 4.98 Å². The second-order valence-electron chi connectivity index (χ2n) is 3.32. The van der Waals surface area contributed by atoms with Gasteiger partial charge in [0.05, 0.1) is 13.2 Å². The second-order valence-corrected chi connectivity index (χ2v) is 3.66. The lowest BCUT2D eigenvalue weighted by atomic mass is 10.4. The van der Waals surface area contributed by atoms with Crippen molar-refractivity contribution in [2.24, 2.45) is 0 Å². The fourth-order valence-corrected chi connectivity index (χ4v) is 1.66. The summed E-state index contributed by atoms with van der Waals surface area (Å²) in [6.07, 6.45) is 3.27.